The Morgan fingerprint density at radius 1 is 0.353 bits per heavy atom. The van der Waals surface area contributed by atoms with Gasteiger partial charge in [-0.2, -0.15) is 0 Å². The average Bonchev–Trinajstić information content (AvgIpc) is 3.75. The highest BCUT2D eigenvalue weighted by Crippen LogP contribution is 2.43. The second-order valence-electron chi connectivity index (χ2n) is 13.3. The van der Waals surface area contributed by atoms with Crippen molar-refractivity contribution >= 4 is 103 Å². The fraction of sp³-hybridized carbons (Fsp3) is 0. The maximum Gasteiger partial charge on any atom is 0.137 e. The molecule has 0 saturated carbocycles. The molecule has 2 heterocycles. The molecule has 2 aromatic heterocycles. The van der Waals surface area contributed by atoms with Crippen molar-refractivity contribution in [1.82, 2.24) is 0 Å². The van der Waals surface area contributed by atoms with E-state index in [0.717, 1.165) is 39.0 Å². The Kier molecular flexibility index (Phi) is 6.16. The number of rotatable bonds is 4. The minimum absolute atomic E-state index is 0.883. The van der Waals surface area contributed by atoms with Crippen molar-refractivity contribution in [3.63, 3.8) is 0 Å². The molecule has 0 N–H and O–H groups in total. The monoisotopic (exact) mass is 667 g/mol. The van der Waals surface area contributed by atoms with Crippen molar-refractivity contribution in [1.29, 1.82) is 0 Å². The summed E-state index contributed by atoms with van der Waals surface area (Å²) in [4.78, 5) is 2.35. The van der Waals surface area contributed by atoms with Crippen molar-refractivity contribution in [2.24, 2.45) is 0 Å². The van der Waals surface area contributed by atoms with E-state index in [1.807, 2.05) is 23.5 Å². The number of nitrogens with zero attached hydrogens (tertiary/aromatic N) is 1. The van der Waals surface area contributed by atoms with Gasteiger partial charge in [-0.3, -0.25) is 0 Å². The zero-order valence-corrected chi connectivity index (χ0v) is 28.3. The van der Waals surface area contributed by atoms with Crippen LogP contribution in [0.4, 0.5) is 17.1 Å². The van der Waals surface area contributed by atoms with Crippen LogP contribution in [0.2, 0.25) is 0 Å². The van der Waals surface area contributed by atoms with Crippen molar-refractivity contribution in [3.05, 3.63) is 176 Å². The third kappa shape index (κ3) is 4.49. The van der Waals surface area contributed by atoms with Crippen LogP contribution in [0.3, 0.4) is 0 Å². The summed E-state index contributed by atoms with van der Waals surface area (Å²) in [5, 5.41) is 12.5. The van der Waals surface area contributed by atoms with Gasteiger partial charge in [-0.05, 0) is 104 Å². The van der Waals surface area contributed by atoms with Gasteiger partial charge in [-0.1, -0.05) is 109 Å². The van der Waals surface area contributed by atoms with Crippen LogP contribution in [0.5, 0.6) is 0 Å². The lowest BCUT2D eigenvalue weighted by atomic mass is 9.94. The van der Waals surface area contributed by atoms with Gasteiger partial charge in [0, 0.05) is 54.1 Å². The fourth-order valence-electron chi connectivity index (χ4n) is 7.96. The Hall–Kier alpha value is -6.42. The molecule has 0 amide bonds. The summed E-state index contributed by atoms with van der Waals surface area (Å²) < 4.78 is 8.97. The van der Waals surface area contributed by atoms with Crippen LogP contribution in [-0.4, -0.2) is 0 Å². The first-order valence-electron chi connectivity index (χ1n) is 17.3. The number of hydrogen-bond donors (Lipinski definition) is 0. The van der Waals surface area contributed by atoms with Gasteiger partial charge in [0.15, 0.2) is 0 Å². The summed E-state index contributed by atoms with van der Waals surface area (Å²) in [5.41, 5.74) is 7.43. The standard InChI is InChI=1S/C48H29NOS/c1-2-8-38-31(7-1)13-16-33-17-14-32-15-18-34(27-42(32)48(33)38)30-19-21-35(22-20-30)49(36-24-26-47-43(28-36)41-10-4-6-12-46(41)51-47)37-23-25-40-39-9-3-5-11-44(39)50-45(40)29-37/h1-29H. The Morgan fingerprint density at radius 2 is 0.961 bits per heavy atom. The molecule has 0 radical (unpaired) electrons. The van der Waals surface area contributed by atoms with Crippen LogP contribution in [-0.2, 0) is 0 Å². The van der Waals surface area contributed by atoms with E-state index in [1.165, 1.54) is 63.6 Å². The molecule has 0 aliphatic rings. The molecular formula is C48H29NOS. The Labute approximate surface area is 298 Å². The van der Waals surface area contributed by atoms with Crippen molar-refractivity contribution in [2.45, 2.75) is 0 Å². The van der Waals surface area contributed by atoms with E-state index in [-0.39, 0.29) is 0 Å². The maximum atomic E-state index is 6.37. The largest absolute Gasteiger partial charge is 0.456 e. The van der Waals surface area contributed by atoms with Crippen LogP contribution in [0.15, 0.2) is 180 Å². The molecule has 11 aromatic rings. The maximum absolute atomic E-state index is 6.37. The minimum atomic E-state index is 0.883. The van der Waals surface area contributed by atoms with Crippen LogP contribution < -0.4 is 4.90 Å². The SMILES string of the molecule is c1ccc2c(c1)ccc1ccc3ccc(-c4ccc(N(c5ccc6c(c5)oc5ccccc56)c5ccc6sc7ccccc7c6c5)cc4)cc3c12. The van der Waals surface area contributed by atoms with Crippen molar-refractivity contribution in [2.75, 3.05) is 4.90 Å². The highest BCUT2D eigenvalue weighted by molar-refractivity contribution is 7.25. The smallest absolute Gasteiger partial charge is 0.137 e. The number of hydrogen-bond acceptors (Lipinski definition) is 3. The van der Waals surface area contributed by atoms with Gasteiger partial charge in [0.05, 0.1) is 0 Å². The third-order valence-electron chi connectivity index (χ3n) is 10.4. The lowest BCUT2D eigenvalue weighted by Crippen LogP contribution is -2.09. The van der Waals surface area contributed by atoms with Crippen LogP contribution in [0.25, 0.3) is 85.6 Å². The zero-order valence-electron chi connectivity index (χ0n) is 27.5. The lowest BCUT2D eigenvalue weighted by molar-refractivity contribution is 0.669. The van der Waals surface area contributed by atoms with Gasteiger partial charge in [0.1, 0.15) is 11.2 Å². The molecule has 0 atom stereocenters. The Balaban J connectivity index is 1.07. The van der Waals surface area contributed by atoms with E-state index >= 15 is 0 Å². The quantitative estimate of drug-likeness (QED) is 0.174. The van der Waals surface area contributed by atoms with Gasteiger partial charge in [-0.25, -0.2) is 0 Å². The fourth-order valence-corrected chi connectivity index (χ4v) is 9.05. The normalized spacial score (nSPS) is 11.9. The number of para-hydroxylation sites is 1. The van der Waals surface area contributed by atoms with Gasteiger partial charge in [0.25, 0.3) is 0 Å². The molecule has 0 fully saturated rings. The highest BCUT2D eigenvalue weighted by Gasteiger charge is 2.18. The van der Waals surface area contributed by atoms with Gasteiger partial charge < -0.3 is 9.32 Å². The summed E-state index contributed by atoms with van der Waals surface area (Å²) in [6, 6.07) is 63.9. The van der Waals surface area contributed by atoms with E-state index in [4.69, 9.17) is 4.42 Å². The first kappa shape index (κ1) is 28.4. The number of fused-ring (bicyclic) bond motifs is 11. The van der Waals surface area contributed by atoms with E-state index in [0.29, 0.717) is 0 Å². The Morgan fingerprint density at radius 3 is 1.84 bits per heavy atom. The summed E-state index contributed by atoms with van der Waals surface area (Å²) in [5.74, 6) is 0. The van der Waals surface area contributed by atoms with E-state index in [9.17, 15) is 0 Å². The predicted molar refractivity (Wildman–Crippen MR) is 219 cm³/mol. The summed E-state index contributed by atoms with van der Waals surface area (Å²) in [6.45, 7) is 0. The first-order chi connectivity index (χ1) is 25.2. The predicted octanol–water partition coefficient (Wildman–Crippen LogP) is 14.6. The second-order valence-corrected chi connectivity index (χ2v) is 14.4. The molecule has 11 rings (SSSR count). The second kappa shape index (κ2) is 11.0. The molecule has 51 heavy (non-hydrogen) atoms. The van der Waals surface area contributed by atoms with Gasteiger partial charge in [-0.15, -0.1) is 11.3 Å². The Bertz CT molecular complexity index is 3140. The molecule has 0 aliphatic heterocycles. The molecule has 0 aliphatic carbocycles. The summed E-state index contributed by atoms with van der Waals surface area (Å²) in [7, 11) is 0. The molecule has 3 heteroatoms. The highest BCUT2D eigenvalue weighted by atomic mass is 32.1. The minimum Gasteiger partial charge on any atom is -0.456 e. The molecule has 9 aromatic carbocycles. The topological polar surface area (TPSA) is 16.4 Å². The molecule has 0 bridgehead atoms. The molecule has 238 valence electrons. The van der Waals surface area contributed by atoms with Gasteiger partial charge >= 0.3 is 0 Å². The molecule has 0 saturated heterocycles. The molecular weight excluding hydrogens is 639 g/mol. The number of benzene rings is 9. The lowest BCUT2D eigenvalue weighted by Gasteiger charge is -2.26. The number of furan rings is 1. The number of anilines is 3. The van der Waals surface area contributed by atoms with E-state index in [2.05, 4.69) is 169 Å². The molecule has 2 nitrogen and oxygen atoms in total. The van der Waals surface area contributed by atoms with Gasteiger partial charge in [0.2, 0.25) is 0 Å². The summed E-state index contributed by atoms with van der Waals surface area (Å²) >= 11 is 1.85. The van der Waals surface area contributed by atoms with Crippen LogP contribution >= 0.6 is 11.3 Å². The zero-order chi connectivity index (χ0) is 33.5. The van der Waals surface area contributed by atoms with E-state index < -0.39 is 0 Å². The van der Waals surface area contributed by atoms with Crippen LogP contribution in [0.1, 0.15) is 0 Å². The summed E-state index contributed by atoms with van der Waals surface area (Å²) in [6.07, 6.45) is 0. The van der Waals surface area contributed by atoms with E-state index in [1.54, 1.807) is 0 Å². The molecule has 0 spiro atoms. The third-order valence-corrected chi connectivity index (χ3v) is 11.6. The van der Waals surface area contributed by atoms with Crippen molar-refractivity contribution < 1.29 is 4.42 Å². The first-order valence-corrected chi connectivity index (χ1v) is 18.1. The van der Waals surface area contributed by atoms with Crippen LogP contribution in [0, 0.1) is 0 Å². The number of thiophene rings is 1. The average molecular weight is 668 g/mol. The molecule has 0 unspecified atom stereocenters. The van der Waals surface area contributed by atoms with Crippen molar-refractivity contribution in [3.8, 4) is 11.1 Å².